The van der Waals surface area contributed by atoms with Crippen molar-refractivity contribution in [3.05, 3.63) is 99.5 Å². The van der Waals surface area contributed by atoms with Crippen molar-refractivity contribution < 1.29 is 33.3 Å². The molecule has 5 rings (SSSR count). The Morgan fingerprint density at radius 1 is 0.867 bits per heavy atom. The minimum absolute atomic E-state index is 0.0720. The zero-order valence-electron chi connectivity index (χ0n) is 25.2. The number of hydrogen-bond acceptors (Lipinski definition) is 7. The van der Waals surface area contributed by atoms with Crippen LogP contribution in [0.25, 0.3) is 16.8 Å². The molecule has 0 bridgehead atoms. The highest BCUT2D eigenvalue weighted by molar-refractivity contribution is 9.10. The largest absolute Gasteiger partial charge is 0.493 e. The Bertz CT molecular complexity index is 1780. The number of fused-ring (bicyclic) bond motifs is 1. The van der Waals surface area contributed by atoms with Crippen LogP contribution in [-0.4, -0.2) is 43.1 Å². The van der Waals surface area contributed by atoms with Crippen molar-refractivity contribution >= 4 is 50.6 Å². The molecule has 0 saturated carbocycles. The maximum absolute atomic E-state index is 13.5. The third-order valence-electron chi connectivity index (χ3n) is 7.11. The molecule has 4 aromatic rings. The number of nitrogens with one attached hydrogen (secondary N) is 1. The molecule has 0 unspecified atom stereocenters. The first kappa shape index (κ1) is 31.6. The van der Waals surface area contributed by atoms with Crippen LogP contribution in [0.1, 0.15) is 37.0 Å². The first-order valence-corrected chi connectivity index (χ1v) is 15.4. The van der Waals surface area contributed by atoms with Crippen LogP contribution < -0.4 is 24.3 Å². The van der Waals surface area contributed by atoms with E-state index in [0.717, 1.165) is 27.7 Å². The fraction of sp³-hybridized carbons (Fsp3) is 0.229. The summed E-state index contributed by atoms with van der Waals surface area (Å²) >= 11 is 3.56. The van der Waals surface area contributed by atoms with E-state index in [9.17, 15) is 14.4 Å². The monoisotopic (exact) mass is 672 g/mol. The normalized spacial score (nSPS) is 14.1. The zero-order valence-corrected chi connectivity index (χ0v) is 26.8. The average Bonchev–Trinajstić information content (AvgIpc) is 3.04. The van der Waals surface area contributed by atoms with Crippen LogP contribution >= 0.6 is 15.9 Å². The van der Waals surface area contributed by atoms with E-state index in [4.69, 9.17) is 18.9 Å². The summed E-state index contributed by atoms with van der Waals surface area (Å²) in [5.74, 6) is 0.462. The molecule has 1 heterocycles. The number of carbonyl (C=O) groups excluding carboxylic acids is 3. The van der Waals surface area contributed by atoms with Gasteiger partial charge in [0.2, 0.25) is 0 Å². The summed E-state index contributed by atoms with van der Waals surface area (Å²) < 4.78 is 23.8. The molecule has 10 heteroatoms. The lowest BCUT2D eigenvalue weighted by Crippen LogP contribution is -2.53. The van der Waals surface area contributed by atoms with Crippen LogP contribution in [0.15, 0.2) is 82.8 Å². The SMILES string of the molecule is CCCOc1ccc(CN2C(=O)NC(=O)/C(=C\c3cc(Br)c(OCc4cccc5ccccc45)c(OC)c3)C2=O)cc1OCC. The lowest BCUT2D eigenvalue weighted by atomic mass is 10.1. The van der Waals surface area contributed by atoms with Gasteiger partial charge in [0.1, 0.15) is 12.2 Å². The highest BCUT2D eigenvalue weighted by Gasteiger charge is 2.36. The van der Waals surface area contributed by atoms with Crippen LogP contribution in [0.4, 0.5) is 4.79 Å². The Morgan fingerprint density at radius 3 is 2.44 bits per heavy atom. The summed E-state index contributed by atoms with van der Waals surface area (Å²) in [6, 6.07) is 21.9. The van der Waals surface area contributed by atoms with Gasteiger partial charge < -0.3 is 18.9 Å². The molecule has 0 atom stereocenters. The summed E-state index contributed by atoms with van der Waals surface area (Å²) in [6.07, 6.45) is 2.26. The Labute approximate surface area is 269 Å². The number of benzene rings is 4. The number of nitrogens with zero attached hydrogens (tertiary/aromatic N) is 1. The molecule has 1 aliphatic heterocycles. The van der Waals surface area contributed by atoms with Gasteiger partial charge in [0, 0.05) is 0 Å². The number of amides is 4. The van der Waals surface area contributed by atoms with Gasteiger partial charge in [-0.3, -0.25) is 19.8 Å². The minimum Gasteiger partial charge on any atom is -0.493 e. The predicted octanol–water partition coefficient (Wildman–Crippen LogP) is 7.04. The second kappa shape index (κ2) is 14.3. The number of rotatable bonds is 12. The van der Waals surface area contributed by atoms with E-state index in [1.807, 2.05) is 56.3 Å². The van der Waals surface area contributed by atoms with Crippen LogP contribution in [0.5, 0.6) is 23.0 Å². The predicted molar refractivity (Wildman–Crippen MR) is 174 cm³/mol. The number of ether oxygens (including phenoxy) is 4. The number of halogens is 1. The lowest BCUT2D eigenvalue weighted by Gasteiger charge is -2.26. The Kier molecular flexibility index (Phi) is 10.0. The third kappa shape index (κ3) is 7.12. The molecule has 1 aliphatic rings. The first-order valence-electron chi connectivity index (χ1n) is 14.6. The van der Waals surface area contributed by atoms with E-state index in [-0.39, 0.29) is 12.1 Å². The number of imide groups is 2. The Hall–Kier alpha value is -4.83. The molecule has 0 aromatic heterocycles. The van der Waals surface area contributed by atoms with Gasteiger partial charge in [-0.1, -0.05) is 55.5 Å². The summed E-state index contributed by atoms with van der Waals surface area (Å²) in [4.78, 5) is 40.1. The van der Waals surface area contributed by atoms with Crippen molar-refractivity contribution in [3.63, 3.8) is 0 Å². The number of urea groups is 1. The number of hydrogen-bond donors (Lipinski definition) is 1. The number of methoxy groups -OCH3 is 1. The van der Waals surface area contributed by atoms with Crippen molar-refractivity contribution in [1.82, 2.24) is 10.2 Å². The van der Waals surface area contributed by atoms with Gasteiger partial charge in [-0.05, 0) is 87.1 Å². The number of barbiturate groups is 1. The highest BCUT2D eigenvalue weighted by atomic mass is 79.9. The van der Waals surface area contributed by atoms with Crippen molar-refractivity contribution in [2.75, 3.05) is 20.3 Å². The zero-order chi connectivity index (χ0) is 31.9. The maximum atomic E-state index is 13.5. The van der Waals surface area contributed by atoms with Gasteiger partial charge in [-0.2, -0.15) is 0 Å². The summed E-state index contributed by atoms with van der Waals surface area (Å²) in [5.41, 5.74) is 1.96. The van der Waals surface area contributed by atoms with Crippen molar-refractivity contribution in [2.45, 2.75) is 33.4 Å². The lowest BCUT2D eigenvalue weighted by molar-refractivity contribution is -0.130. The molecular formula is C35H33BrN2O7. The molecule has 232 valence electrons. The van der Waals surface area contributed by atoms with Gasteiger partial charge in [0.25, 0.3) is 11.8 Å². The van der Waals surface area contributed by atoms with Crippen LogP contribution in [0.2, 0.25) is 0 Å². The summed E-state index contributed by atoms with van der Waals surface area (Å²) in [6.45, 7) is 5.04. The maximum Gasteiger partial charge on any atom is 0.331 e. The molecule has 1 N–H and O–H groups in total. The van der Waals surface area contributed by atoms with Crippen molar-refractivity contribution in [3.8, 4) is 23.0 Å². The van der Waals surface area contributed by atoms with Gasteiger partial charge in [0.15, 0.2) is 23.0 Å². The Morgan fingerprint density at radius 2 is 1.67 bits per heavy atom. The summed E-state index contributed by atoms with van der Waals surface area (Å²) in [7, 11) is 1.51. The molecule has 4 amide bonds. The van der Waals surface area contributed by atoms with Gasteiger partial charge in [-0.25, -0.2) is 4.79 Å². The molecule has 0 aliphatic carbocycles. The van der Waals surface area contributed by atoms with Crippen molar-refractivity contribution in [1.29, 1.82) is 0 Å². The van der Waals surface area contributed by atoms with Crippen LogP contribution in [-0.2, 0) is 22.7 Å². The van der Waals surface area contributed by atoms with E-state index in [0.29, 0.717) is 58.4 Å². The second-order valence-corrected chi connectivity index (χ2v) is 11.1. The first-order chi connectivity index (χ1) is 21.8. The van der Waals surface area contributed by atoms with Crippen LogP contribution in [0.3, 0.4) is 0 Å². The Balaban J connectivity index is 1.38. The van der Waals surface area contributed by atoms with Gasteiger partial charge in [-0.15, -0.1) is 0 Å². The fourth-order valence-corrected chi connectivity index (χ4v) is 5.54. The van der Waals surface area contributed by atoms with Gasteiger partial charge >= 0.3 is 6.03 Å². The molecule has 0 spiro atoms. The molecule has 1 saturated heterocycles. The van der Waals surface area contributed by atoms with E-state index < -0.39 is 17.8 Å². The van der Waals surface area contributed by atoms with Crippen molar-refractivity contribution in [2.24, 2.45) is 0 Å². The third-order valence-corrected chi connectivity index (χ3v) is 7.70. The van der Waals surface area contributed by atoms with E-state index in [2.05, 4.69) is 21.2 Å². The standard InChI is InChI=1S/C35H33BrN2O7/c1-4-15-44-29-14-13-22(18-30(29)43-5-2)20-38-34(40)27(33(39)37-35(38)41)16-23-17-28(36)32(31(19-23)42-3)45-21-25-11-8-10-24-9-6-7-12-26(24)25/h6-14,16-19H,4-5,15,20-21H2,1-3H3,(H,37,39,41)/b27-16+. The van der Waals surface area contributed by atoms with Gasteiger partial charge in [0.05, 0.1) is 31.3 Å². The minimum atomic E-state index is -0.803. The molecule has 0 radical (unpaired) electrons. The molecule has 9 nitrogen and oxygen atoms in total. The second-order valence-electron chi connectivity index (χ2n) is 10.2. The molecule has 1 fully saturated rings. The topological polar surface area (TPSA) is 103 Å². The fourth-order valence-electron chi connectivity index (χ4n) is 4.97. The van der Waals surface area contributed by atoms with Crippen LogP contribution in [0, 0.1) is 0 Å². The average molecular weight is 674 g/mol. The number of carbonyl (C=O) groups is 3. The van der Waals surface area contributed by atoms with E-state index in [1.165, 1.54) is 13.2 Å². The van der Waals surface area contributed by atoms with E-state index in [1.54, 1.807) is 30.3 Å². The highest BCUT2D eigenvalue weighted by Crippen LogP contribution is 2.38. The molecule has 45 heavy (non-hydrogen) atoms. The molecular weight excluding hydrogens is 640 g/mol. The van der Waals surface area contributed by atoms with E-state index >= 15 is 0 Å². The molecule has 4 aromatic carbocycles. The quantitative estimate of drug-likeness (QED) is 0.127. The smallest absolute Gasteiger partial charge is 0.331 e. The summed E-state index contributed by atoms with van der Waals surface area (Å²) in [5, 5.41) is 4.48.